The number of hydrogen-bond acceptors (Lipinski definition) is 4. The van der Waals surface area contributed by atoms with Gasteiger partial charge < -0.3 is 15.2 Å². The van der Waals surface area contributed by atoms with Crippen LogP contribution in [0.3, 0.4) is 0 Å². The van der Waals surface area contributed by atoms with Crippen molar-refractivity contribution in [2.24, 2.45) is 0 Å². The molecule has 0 radical (unpaired) electrons. The van der Waals surface area contributed by atoms with Gasteiger partial charge in [-0.2, -0.15) is 0 Å². The number of aliphatic hydroxyl groups excluding tert-OH is 1. The third-order valence-corrected chi connectivity index (χ3v) is 3.24. The van der Waals surface area contributed by atoms with Crippen molar-refractivity contribution >= 4 is 5.97 Å². The molecule has 0 spiro atoms. The first-order valence-corrected chi connectivity index (χ1v) is 6.80. The topological polar surface area (TPSA) is 58.6 Å². The predicted octanol–water partition coefficient (Wildman–Crippen LogP) is 2.26. The summed E-state index contributed by atoms with van der Waals surface area (Å²) in [5.74, 6) is -0.324. The maximum atomic E-state index is 11.7. The van der Waals surface area contributed by atoms with E-state index in [2.05, 4.69) is 5.32 Å². The fraction of sp³-hybridized carbons (Fsp3) is 0.235. The smallest absolute Gasteiger partial charge is 0.338 e. The van der Waals surface area contributed by atoms with Crippen LogP contribution in [-0.4, -0.2) is 18.2 Å². The minimum Gasteiger partial charge on any atom is -0.465 e. The van der Waals surface area contributed by atoms with E-state index >= 15 is 0 Å². The van der Waals surface area contributed by atoms with Crippen LogP contribution in [0.1, 0.15) is 27.0 Å². The molecule has 2 aromatic rings. The molecule has 0 aliphatic carbocycles. The molecule has 0 fully saturated rings. The van der Waals surface area contributed by atoms with Crippen molar-refractivity contribution in [1.29, 1.82) is 0 Å². The highest BCUT2D eigenvalue weighted by Crippen LogP contribution is 2.11. The molecule has 4 heteroatoms. The Morgan fingerprint density at radius 3 is 2.62 bits per heavy atom. The van der Waals surface area contributed by atoms with E-state index in [1.807, 2.05) is 42.5 Å². The highest BCUT2D eigenvalue weighted by Gasteiger charge is 2.10. The van der Waals surface area contributed by atoms with Gasteiger partial charge in [-0.15, -0.1) is 0 Å². The molecule has 0 saturated heterocycles. The molecule has 0 saturated carbocycles. The van der Waals surface area contributed by atoms with Gasteiger partial charge in [0.25, 0.3) is 0 Å². The number of ether oxygens (including phenoxy) is 1. The number of carbonyl (C=O) groups excluding carboxylic acids is 1. The number of rotatable bonds is 6. The molecule has 21 heavy (non-hydrogen) atoms. The van der Waals surface area contributed by atoms with Gasteiger partial charge in [0.05, 0.1) is 19.3 Å². The Morgan fingerprint density at radius 1 is 1.10 bits per heavy atom. The molecular formula is C17H19NO3. The Morgan fingerprint density at radius 2 is 1.86 bits per heavy atom. The van der Waals surface area contributed by atoms with E-state index in [0.29, 0.717) is 18.7 Å². The van der Waals surface area contributed by atoms with Crippen LogP contribution in [0.15, 0.2) is 48.5 Å². The molecule has 0 aliphatic rings. The molecule has 0 aromatic heterocycles. The second-order valence-corrected chi connectivity index (χ2v) is 4.73. The predicted molar refractivity (Wildman–Crippen MR) is 80.7 cm³/mol. The lowest BCUT2D eigenvalue weighted by atomic mass is 10.1. The fourth-order valence-corrected chi connectivity index (χ4v) is 2.16. The van der Waals surface area contributed by atoms with Crippen molar-refractivity contribution in [3.05, 3.63) is 70.8 Å². The van der Waals surface area contributed by atoms with Crippen molar-refractivity contribution in [3.63, 3.8) is 0 Å². The molecule has 2 aromatic carbocycles. The quantitative estimate of drug-likeness (QED) is 0.799. The van der Waals surface area contributed by atoms with Crippen LogP contribution >= 0.6 is 0 Å². The standard InChI is InChI=1S/C17H19NO3/c1-21-17(20)16-8-3-2-7-15(16)11-18-10-13-5-4-6-14(9-13)12-19/h2-9,18-19H,10-12H2,1H3. The highest BCUT2D eigenvalue weighted by atomic mass is 16.5. The molecule has 2 N–H and O–H groups in total. The SMILES string of the molecule is COC(=O)c1ccccc1CNCc1cccc(CO)c1. The van der Waals surface area contributed by atoms with Crippen LogP contribution in [0, 0.1) is 0 Å². The summed E-state index contributed by atoms with van der Waals surface area (Å²) in [5.41, 5.74) is 3.47. The van der Waals surface area contributed by atoms with Crippen LogP contribution in [-0.2, 0) is 24.4 Å². The highest BCUT2D eigenvalue weighted by molar-refractivity contribution is 5.90. The number of benzene rings is 2. The van der Waals surface area contributed by atoms with Crippen LogP contribution in [0.5, 0.6) is 0 Å². The molecule has 0 heterocycles. The second kappa shape index (κ2) is 7.57. The lowest BCUT2D eigenvalue weighted by molar-refractivity contribution is 0.0599. The summed E-state index contributed by atoms with van der Waals surface area (Å²) < 4.78 is 4.78. The van der Waals surface area contributed by atoms with Gasteiger partial charge in [0, 0.05) is 13.1 Å². The average Bonchev–Trinajstić information content (AvgIpc) is 2.55. The van der Waals surface area contributed by atoms with E-state index in [1.54, 1.807) is 6.07 Å². The third kappa shape index (κ3) is 4.15. The Kier molecular flexibility index (Phi) is 5.49. The van der Waals surface area contributed by atoms with E-state index in [0.717, 1.165) is 16.7 Å². The molecule has 0 atom stereocenters. The van der Waals surface area contributed by atoms with Gasteiger partial charge in [0.2, 0.25) is 0 Å². The van der Waals surface area contributed by atoms with Crippen LogP contribution in [0.4, 0.5) is 0 Å². The van der Waals surface area contributed by atoms with Crippen molar-refractivity contribution < 1.29 is 14.6 Å². The van der Waals surface area contributed by atoms with Gasteiger partial charge in [-0.05, 0) is 22.8 Å². The zero-order chi connectivity index (χ0) is 15.1. The van der Waals surface area contributed by atoms with Crippen molar-refractivity contribution in [1.82, 2.24) is 5.32 Å². The Bertz CT molecular complexity index is 610. The molecule has 2 rings (SSSR count). The number of aliphatic hydroxyl groups is 1. The van der Waals surface area contributed by atoms with Gasteiger partial charge in [-0.25, -0.2) is 4.79 Å². The molecule has 0 aliphatic heterocycles. The zero-order valence-corrected chi connectivity index (χ0v) is 12.0. The molecule has 0 amide bonds. The van der Waals surface area contributed by atoms with E-state index in [1.165, 1.54) is 7.11 Å². The molecule has 4 nitrogen and oxygen atoms in total. The number of carbonyl (C=O) groups is 1. The Balaban J connectivity index is 1.99. The van der Waals surface area contributed by atoms with E-state index in [4.69, 9.17) is 9.84 Å². The minimum atomic E-state index is -0.324. The maximum Gasteiger partial charge on any atom is 0.338 e. The van der Waals surface area contributed by atoms with Crippen LogP contribution < -0.4 is 5.32 Å². The molecular weight excluding hydrogens is 266 g/mol. The Hall–Kier alpha value is -2.17. The summed E-state index contributed by atoms with van der Waals surface area (Å²) in [5, 5.41) is 12.4. The molecule has 0 bridgehead atoms. The first-order chi connectivity index (χ1) is 10.2. The maximum absolute atomic E-state index is 11.7. The second-order valence-electron chi connectivity index (χ2n) is 4.73. The van der Waals surface area contributed by atoms with Crippen molar-refractivity contribution in [2.75, 3.05) is 7.11 Å². The molecule has 110 valence electrons. The van der Waals surface area contributed by atoms with Gasteiger partial charge in [-0.3, -0.25) is 0 Å². The number of esters is 1. The van der Waals surface area contributed by atoms with Gasteiger partial charge in [0.15, 0.2) is 0 Å². The van der Waals surface area contributed by atoms with E-state index in [9.17, 15) is 4.79 Å². The normalized spacial score (nSPS) is 10.4. The zero-order valence-electron chi connectivity index (χ0n) is 12.0. The van der Waals surface area contributed by atoms with Crippen molar-refractivity contribution in [3.8, 4) is 0 Å². The Labute approximate surface area is 124 Å². The summed E-state index contributed by atoms with van der Waals surface area (Å²) in [6, 6.07) is 15.1. The van der Waals surface area contributed by atoms with E-state index < -0.39 is 0 Å². The van der Waals surface area contributed by atoms with Gasteiger partial charge in [-0.1, -0.05) is 42.5 Å². The lowest BCUT2D eigenvalue weighted by Gasteiger charge is -2.09. The first kappa shape index (κ1) is 15.2. The van der Waals surface area contributed by atoms with Crippen LogP contribution in [0.25, 0.3) is 0 Å². The lowest BCUT2D eigenvalue weighted by Crippen LogP contribution is -2.16. The number of methoxy groups -OCH3 is 1. The number of hydrogen-bond donors (Lipinski definition) is 2. The molecule has 0 unspecified atom stereocenters. The van der Waals surface area contributed by atoms with Gasteiger partial charge in [0.1, 0.15) is 0 Å². The summed E-state index contributed by atoms with van der Waals surface area (Å²) in [4.78, 5) is 11.7. The average molecular weight is 285 g/mol. The van der Waals surface area contributed by atoms with Crippen molar-refractivity contribution in [2.45, 2.75) is 19.7 Å². The summed E-state index contributed by atoms with van der Waals surface area (Å²) in [6.07, 6.45) is 0. The summed E-state index contributed by atoms with van der Waals surface area (Å²) in [7, 11) is 1.38. The monoisotopic (exact) mass is 285 g/mol. The van der Waals surface area contributed by atoms with Gasteiger partial charge >= 0.3 is 5.97 Å². The largest absolute Gasteiger partial charge is 0.465 e. The number of nitrogens with one attached hydrogen (secondary N) is 1. The van der Waals surface area contributed by atoms with E-state index in [-0.39, 0.29) is 12.6 Å². The van der Waals surface area contributed by atoms with Crippen LogP contribution in [0.2, 0.25) is 0 Å². The first-order valence-electron chi connectivity index (χ1n) is 6.80. The fourth-order valence-electron chi connectivity index (χ4n) is 2.16. The summed E-state index contributed by atoms with van der Waals surface area (Å²) >= 11 is 0. The third-order valence-electron chi connectivity index (χ3n) is 3.24. The minimum absolute atomic E-state index is 0.0407. The summed E-state index contributed by atoms with van der Waals surface area (Å²) in [6.45, 7) is 1.29.